The van der Waals surface area contributed by atoms with Crippen molar-refractivity contribution in [3.8, 4) is 6.01 Å². The van der Waals surface area contributed by atoms with E-state index in [1.807, 2.05) is 37.3 Å². The molecule has 3 N–H and O–H groups in total. The van der Waals surface area contributed by atoms with Crippen molar-refractivity contribution in [2.24, 2.45) is 0 Å². The number of carbonyl (C=O) groups excluding carboxylic acids is 1. The maximum Gasteiger partial charge on any atom is 0.376 e. The summed E-state index contributed by atoms with van der Waals surface area (Å²) < 4.78 is 6.60. The van der Waals surface area contributed by atoms with Gasteiger partial charge in [0.05, 0.1) is 13.2 Å². The second-order valence-corrected chi connectivity index (χ2v) is 5.58. The first-order valence-electron chi connectivity index (χ1n) is 8.04. The Labute approximate surface area is 144 Å². The van der Waals surface area contributed by atoms with E-state index in [1.54, 1.807) is 0 Å². The van der Waals surface area contributed by atoms with Gasteiger partial charge in [-0.3, -0.25) is 4.57 Å². The number of benzene rings is 1. The van der Waals surface area contributed by atoms with Gasteiger partial charge in [-0.2, -0.15) is 4.98 Å². The SMILES string of the molecule is CCCCOC(=O)c1nc(N)c2nc(O)n(Cc3ccccc3)c2n1. The molecule has 0 saturated carbocycles. The predicted molar refractivity (Wildman–Crippen MR) is 92.1 cm³/mol. The van der Waals surface area contributed by atoms with Crippen LogP contribution in [0, 0.1) is 0 Å². The molecule has 0 saturated heterocycles. The van der Waals surface area contributed by atoms with Crippen molar-refractivity contribution in [2.45, 2.75) is 26.3 Å². The zero-order chi connectivity index (χ0) is 17.8. The van der Waals surface area contributed by atoms with E-state index in [9.17, 15) is 9.90 Å². The van der Waals surface area contributed by atoms with Gasteiger partial charge in [-0.05, 0) is 12.0 Å². The first-order valence-corrected chi connectivity index (χ1v) is 8.04. The normalized spacial score (nSPS) is 10.9. The second-order valence-electron chi connectivity index (χ2n) is 5.58. The molecular weight excluding hydrogens is 322 g/mol. The smallest absolute Gasteiger partial charge is 0.376 e. The number of rotatable bonds is 6. The van der Waals surface area contributed by atoms with Crippen molar-refractivity contribution in [1.29, 1.82) is 0 Å². The number of esters is 1. The summed E-state index contributed by atoms with van der Waals surface area (Å²) in [4.78, 5) is 24.3. The largest absolute Gasteiger partial charge is 0.480 e. The Bertz CT molecular complexity index is 892. The Morgan fingerprint density at radius 1 is 1.24 bits per heavy atom. The van der Waals surface area contributed by atoms with Gasteiger partial charge in [0.2, 0.25) is 5.82 Å². The molecule has 0 aliphatic carbocycles. The van der Waals surface area contributed by atoms with E-state index in [4.69, 9.17) is 10.5 Å². The van der Waals surface area contributed by atoms with Crippen LogP contribution in [0.5, 0.6) is 6.01 Å². The third-order valence-electron chi connectivity index (χ3n) is 3.70. The average Bonchev–Trinajstić information content (AvgIpc) is 2.92. The molecule has 0 radical (unpaired) electrons. The van der Waals surface area contributed by atoms with E-state index in [2.05, 4.69) is 15.0 Å². The van der Waals surface area contributed by atoms with E-state index >= 15 is 0 Å². The molecule has 0 unspecified atom stereocenters. The first-order chi connectivity index (χ1) is 12.1. The first kappa shape index (κ1) is 16.7. The van der Waals surface area contributed by atoms with Crippen molar-refractivity contribution >= 4 is 23.0 Å². The average molecular weight is 341 g/mol. The number of carbonyl (C=O) groups is 1. The van der Waals surface area contributed by atoms with E-state index in [1.165, 1.54) is 4.57 Å². The molecule has 1 aromatic carbocycles. The number of aromatic nitrogens is 4. The molecule has 3 aromatic rings. The number of nitrogens with zero attached hydrogens (tertiary/aromatic N) is 4. The minimum Gasteiger partial charge on any atom is -0.480 e. The van der Waals surface area contributed by atoms with Gasteiger partial charge in [-0.15, -0.1) is 0 Å². The lowest BCUT2D eigenvalue weighted by Crippen LogP contribution is -2.13. The van der Waals surface area contributed by atoms with Gasteiger partial charge in [-0.1, -0.05) is 43.7 Å². The van der Waals surface area contributed by atoms with Crippen molar-refractivity contribution in [1.82, 2.24) is 19.5 Å². The van der Waals surface area contributed by atoms with Gasteiger partial charge < -0.3 is 15.6 Å². The Hall–Kier alpha value is -3.16. The van der Waals surface area contributed by atoms with E-state index in [0.717, 1.165) is 18.4 Å². The molecular formula is C17H19N5O3. The molecule has 0 aliphatic rings. The summed E-state index contributed by atoms with van der Waals surface area (Å²) in [5.74, 6) is -0.765. The molecule has 0 fully saturated rings. The third-order valence-corrected chi connectivity index (χ3v) is 3.70. The fourth-order valence-electron chi connectivity index (χ4n) is 2.39. The van der Waals surface area contributed by atoms with Crippen LogP contribution in [0.3, 0.4) is 0 Å². The Kier molecular flexibility index (Phi) is 4.78. The fourth-order valence-corrected chi connectivity index (χ4v) is 2.39. The number of nitrogen functional groups attached to an aromatic ring is 1. The molecule has 130 valence electrons. The highest BCUT2D eigenvalue weighted by Gasteiger charge is 2.20. The van der Waals surface area contributed by atoms with Gasteiger partial charge >= 0.3 is 5.97 Å². The number of unbranched alkanes of at least 4 members (excludes halogenated alkanes) is 1. The Morgan fingerprint density at radius 3 is 2.72 bits per heavy atom. The quantitative estimate of drug-likeness (QED) is 0.521. The van der Waals surface area contributed by atoms with Gasteiger partial charge in [0.15, 0.2) is 17.0 Å². The fraction of sp³-hybridized carbons (Fsp3) is 0.294. The molecule has 8 nitrogen and oxygen atoms in total. The summed E-state index contributed by atoms with van der Waals surface area (Å²) in [6.07, 6.45) is 1.67. The lowest BCUT2D eigenvalue weighted by Gasteiger charge is -2.07. The molecule has 0 atom stereocenters. The minimum absolute atomic E-state index is 0.0227. The molecule has 0 amide bonds. The lowest BCUT2D eigenvalue weighted by atomic mass is 10.2. The molecule has 25 heavy (non-hydrogen) atoms. The maximum absolute atomic E-state index is 12.1. The summed E-state index contributed by atoms with van der Waals surface area (Å²) in [5, 5.41) is 10.1. The lowest BCUT2D eigenvalue weighted by molar-refractivity contribution is 0.0486. The van der Waals surface area contributed by atoms with Crippen LogP contribution in [0.4, 0.5) is 5.82 Å². The number of hydrogen-bond donors (Lipinski definition) is 2. The monoisotopic (exact) mass is 341 g/mol. The molecule has 0 aliphatic heterocycles. The van der Waals surface area contributed by atoms with Crippen molar-refractivity contribution in [3.05, 3.63) is 41.7 Å². The molecule has 3 rings (SSSR count). The summed E-state index contributed by atoms with van der Waals surface area (Å²) >= 11 is 0. The molecule has 2 heterocycles. The van der Waals surface area contributed by atoms with Crippen LogP contribution in [0.25, 0.3) is 11.2 Å². The highest BCUT2D eigenvalue weighted by Crippen LogP contribution is 2.24. The van der Waals surface area contributed by atoms with Crippen LogP contribution in [0.15, 0.2) is 30.3 Å². The standard InChI is InChI=1S/C17H19N5O3/c1-2-3-9-25-16(23)14-20-13(18)12-15(21-14)22(17(24)19-12)10-11-7-5-4-6-8-11/h4-8H,2-3,9-10H2,1H3,(H,19,24)(H2,18,20,21). The summed E-state index contributed by atoms with van der Waals surface area (Å²) in [6.45, 7) is 2.63. The molecule has 0 spiro atoms. The van der Waals surface area contributed by atoms with Crippen LogP contribution < -0.4 is 5.73 Å². The maximum atomic E-state index is 12.1. The summed E-state index contributed by atoms with van der Waals surface area (Å²) in [5.41, 5.74) is 7.36. The van der Waals surface area contributed by atoms with Crippen LogP contribution >= 0.6 is 0 Å². The molecule has 0 bridgehead atoms. The van der Waals surface area contributed by atoms with Gasteiger partial charge in [0.1, 0.15) is 0 Å². The zero-order valence-corrected chi connectivity index (χ0v) is 13.8. The van der Waals surface area contributed by atoms with Crippen molar-refractivity contribution < 1.29 is 14.6 Å². The van der Waals surface area contributed by atoms with Gasteiger partial charge in [0, 0.05) is 0 Å². The number of anilines is 1. The van der Waals surface area contributed by atoms with Crippen LogP contribution in [0.1, 0.15) is 35.9 Å². The highest BCUT2D eigenvalue weighted by molar-refractivity contribution is 5.91. The Morgan fingerprint density at radius 2 is 2.00 bits per heavy atom. The Balaban J connectivity index is 1.97. The number of hydrogen-bond acceptors (Lipinski definition) is 7. The van der Waals surface area contributed by atoms with Gasteiger partial charge in [-0.25, -0.2) is 14.8 Å². The summed E-state index contributed by atoms with van der Waals surface area (Å²) in [6, 6.07) is 9.28. The van der Waals surface area contributed by atoms with Crippen LogP contribution in [-0.2, 0) is 11.3 Å². The second kappa shape index (κ2) is 7.16. The van der Waals surface area contributed by atoms with Crippen molar-refractivity contribution in [2.75, 3.05) is 12.3 Å². The van der Waals surface area contributed by atoms with E-state index in [0.29, 0.717) is 13.2 Å². The van der Waals surface area contributed by atoms with Gasteiger partial charge in [0.25, 0.3) is 6.01 Å². The molecule has 8 heteroatoms. The number of fused-ring (bicyclic) bond motifs is 1. The predicted octanol–water partition coefficient (Wildman–Crippen LogP) is 2.12. The third kappa shape index (κ3) is 3.52. The molecule has 2 aromatic heterocycles. The van der Waals surface area contributed by atoms with Crippen LogP contribution in [-0.4, -0.2) is 37.2 Å². The number of ether oxygens (including phenoxy) is 1. The number of aromatic hydroxyl groups is 1. The summed E-state index contributed by atoms with van der Waals surface area (Å²) in [7, 11) is 0. The topological polar surface area (TPSA) is 116 Å². The zero-order valence-electron chi connectivity index (χ0n) is 13.8. The number of imidazole rings is 1. The number of nitrogens with two attached hydrogens (primary N) is 1. The minimum atomic E-state index is -0.644. The van der Waals surface area contributed by atoms with E-state index in [-0.39, 0.29) is 28.8 Å². The van der Waals surface area contributed by atoms with Crippen LogP contribution in [0.2, 0.25) is 0 Å². The highest BCUT2D eigenvalue weighted by atomic mass is 16.5. The van der Waals surface area contributed by atoms with E-state index < -0.39 is 5.97 Å². The van der Waals surface area contributed by atoms with Crippen molar-refractivity contribution in [3.63, 3.8) is 0 Å².